The normalized spacial score (nSPS) is 14.5. The molecule has 0 bridgehead atoms. The Balaban J connectivity index is 1.54. The number of benzene rings is 1. The van der Waals surface area contributed by atoms with Crippen LogP contribution in [0.1, 0.15) is 36.9 Å². The SMILES string of the molecule is CC(=O)O[C@H](C)c1nccc(N2CCc3cc(-c4ccsc4)ccc3C2)n1. The molecule has 5 nitrogen and oxygen atoms in total. The zero-order valence-corrected chi connectivity index (χ0v) is 16.2. The molecule has 0 unspecified atom stereocenters. The molecule has 0 radical (unpaired) electrons. The van der Waals surface area contributed by atoms with Crippen molar-refractivity contribution >= 4 is 23.1 Å². The number of fused-ring (bicyclic) bond motifs is 1. The van der Waals surface area contributed by atoms with Gasteiger partial charge in [0.2, 0.25) is 0 Å². The number of esters is 1. The van der Waals surface area contributed by atoms with Crippen LogP contribution in [0.5, 0.6) is 0 Å². The Morgan fingerprint density at radius 1 is 1.22 bits per heavy atom. The highest BCUT2D eigenvalue weighted by atomic mass is 32.1. The van der Waals surface area contributed by atoms with Gasteiger partial charge in [-0.3, -0.25) is 4.79 Å². The molecule has 0 amide bonds. The average molecular weight is 379 g/mol. The van der Waals surface area contributed by atoms with Crippen LogP contribution in [-0.2, 0) is 22.5 Å². The van der Waals surface area contributed by atoms with Gasteiger partial charge in [-0.1, -0.05) is 18.2 Å². The average Bonchev–Trinajstić information content (AvgIpc) is 3.21. The van der Waals surface area contributed by atoms with Crippen molar-refractivity contribution in [3.63, 3.8) is 0 Å². The van der Waals surface area contributed by atoms with Crippen molar-refractivity contribution in [1.82, 2.24) is 9.97 Å². The Hall–Kier alpha value is -2.73. The van der Waals surface area contributed by atoms with Crippen LogP contribution in [0.3, 0.4) is 0 Å². The minimum absolute atomic E-state index is 0.329. The zero-order valence-electron chi connectivity index (χ0n) is 15.4. The molecule has 6 heteroatoms. The summed E-state index contributed by atoms with van der Waals surface area (Å²) in [5.74, 6) is 1.07. The van der Waals surface area contributed by atoms with E-state index >= 15 is 0 Å². The molecule has 0 aliphatic carbocycles. The summed E-state index contributed by atoms with van der Waals surface area (Å²) >= 11 is 1.72. The molecule has 1 aliphatic heterocycles. The van der Waals surface area contributed by atoms with Crippen molar-refractivity contribution < 1.29 is 9.53 Å². The predicted molar refractivity (Wildman–Crippen MR) is 107 cm³/mol. The van der Waals surface area contributed by atoms with Gasteiger partial charge < -0.3 is 9.64 Å². The minimum atomic E-state index is -0.451. The fourth-order valence-electron chi connectivity index (χ4n) is 3.39. The van der Waals surface area contributed by atoms with Crippen LogP contribution >= 0.6 is 11.3 Å². The first kappa shape index (κ1) is 17.7. The van der Waals surface area contributed by atoms with Gasteiger partial charge in [-0.05, 0) is 58.5 Å². The lowest BCUT2D eigenvalue weighted by molar-refractivity contribution is -0.146. The van der Waals surface area contributed by atoms with Gasteiger partial charge in [-0.15, -0.1) is 0 Å². The number of ether oxygens (including phenoxy) is 1. The Bertz CT molecular complexity index is 956. The van der Waals surface area contributed by atoms with Crippen molar-refractivity contribution in [3.05, 3.63) is 64.2 Å². The molecule has 0 saturated carbocycles. The van der Waals surface area contributed by atoms with E-state index in [0.717, 1.165) is 25.3 Å². The third kappa shape index (κ3) is 3.85. The van der Waals surface area contributed by atoms with Gasteiger partial charge in [0.25, 0.3) is 0 Å². The molecule has 3 aromatic rings. The molecule has 27 heavy (non-hydrogen) atoms. The Kier molecular flexibility index (Phi) is 4.90. The van der Waals surface area contributed by atoms with Crippen LogP contribution in [0.2, 0.25) is 0 Å². The number of rotatable bonds is 4. The standard InChI is InChI=1S/C21H21N3O2S/c1-14(26-15(2)25)21-22-8-5-20(23-21)24-9-6-17-11-16(3-4-18(17)12-24)19-7-10-27-13-19/h3-5,7-8,10-11,13-14H,6,9,12H2,1-2H3/t14-/m1/s1. The number of thiophene rings is 1. The number of carbonyl (C=O) groups excluding carboxylic acids is 1. The predicted octanol–water partition coefficient (Wildman–Crippen LogP) is 4.39. The maximum Gasteiger partial charge on any atom is 0.303 e. The summed E-state index contributed by atoms with van der Waals surface area (Å²) in [4.78, 5) is 22.3. The maximum absolute atomic E-state index is 11.2. The third-order valence-electron chi connectivity index (χ3n) is 4.76. The zero-order chi connectivity index (χ0) is 18.8. The van der Waals surface area contributed by atoms with E-state index in [0.29, 0.717) is 5.82 Å². The lowest BCUT2D eigenvalue weighted by Crippen LogP contribution is -2.31. The first-order valence-corrected chi connectivity index (χ1v) is 9.94. The van der Waals surface area contributed by atoms with Crippen molar-refractivity contribution in [2.45, 2.75) is 32.9 Å². The molecule has 4 rings (SSSR count). The first-order chi connectivity index (χ1) is 13.1. The Labute approximate surface area is 162 Å². The monoisotopic (exact) mass is 379 g/mol. The number of anilines is 1. The molecule has 1 aromatic carbocycles. The number of hydrogen-bond acceptors (Lipinski definition) is 6. The van der Waals surface area contributed by atoms with Gasteiger partial charge in [0, 0.05) is 26.2 Å². The fraction of sp³-hybridized carbons (Fsp3) is 0.286. The summed E-state index contributed by atoms with van der Waals surface area (Å²) < 4.78 is 5.20. The van der Waals surface area contributed by atoms with Gasteiger partial charge in [0.15, 0.2) is 11.9 Å². The van der Waals surface area contributed by atoms with Crippen LogP contribution in [0.25, 0.3) is 11.1 Å². The number of aromatic nitrogens is 2. The fourth-order valence-corrected chi connectivity index (χ4v) is 4.06. The summed E-state index contributed by atoms with van der Waals surface area (Å²) in [6, 6.07) is 10.8. The molecule has 1 atom stereocenters. The number of carbonyl (C=O) groups is 1. The highest BCUT2D eigenvalue weighted by molar-refractivity contribution is 7.08. The van der Waals surface area contributed by atoms with Crippen LogP contribution in [0.15, 0.2) is 47.3 Å². The molecule has 2 aromatic heterocycles. The smallest absolute Gasteiger partial charge is 0.303 e. The van der Waals surface area contributed by atoms with Crippen molar-refractivity contribution in [2.75, 3.05) is 11.4 Å². The van der Waals surface area contributed by atoms with Gasteiger partial charge in [0.05, 0.1) is 0 Å². The molecule has 0 spiro atoms. The van der Waals surface area contributed by atoms with Crippen LogP contribution in [0.4, 0.5) is 5.82 Å². The second-order valence-corrected chi connectivity index (χ2v) is 7.47. The van der Waals surface area contributed by atoms with E-state index in [1.165, 1.54) is 29.2 Å². The second-order valence-electron chi connectivity index (χ2n) is 6.69. The molecule has 0 N–H and O–H groups in total. The third-order valence-corrected chi connectivity index (χ3v) is 5.45. The summed E-state index contributed by atoms with van der Waals surface area (Å²) in [6.07, 6.45) is 2.26. The molecule has 3 heterocycles. The topological polar surface area (TPSA) is 55.3 Å². The van der Waals surface area contributed by atoms with Gasteiger partial charge in [-0.25, -0.2) is 9.97 Å². The van der Waals surface area contributed by atoms with E-state index < -0.39 is 6.10 Å². The summed E-state index contributed by atoms with van der Waals surface area (Å²) in [5, 5.41) is 4.30. The van der Waals surface area contributed by atoms with Crippen LogP contribution < -0.4 is 4.90 Å². The van der Waals surface area contributed by atoms with Gasteiger partial charge in [-0.2, -0.15) is 11.3 Å². The summed E-state index contributed by atoms with van der Waals surface area (Å²) in [6.45, 7) is 4.90. The van der Waals surface area contributed by atoms with E-state index in [-0.39, 0.29) is 5.97 Å². The van der Waals surface area contributed by atoms with E-state index in [9.17, 15) is 4.79 Å². The van der Waals surface area contributed by atoms with Crippen LogP contribution in [0, 0.1) is 0 Å². The minimum Gasteiger partial charge on any atom is -0.455 e. The van der Waals surface area contributed by atoms with Gasteiger partial charge in [0.1, 0.15) is 5.82 Å². The van der Waals surface area contributed by atoms with Crippen LogP contribution in [-0.4, -0.2) is 22.5 Å². The van der Waals surface area contributed by atoms with Crippen molar-refractivity contribution in [1.29, 1.82) is 0 Å². The highest BCUT2D eigenvalue weighted by Crippen LogP contribution is 2.29. The number of nitrogens with zero attached hydrogens (tertiary/aromatic N) is 3. The van der Waals surface area contributed by atoms with Crippen molar-refractivity contribution in [3.8, 4) is 11.1 Å². The molecular weight excluding hydrogens is 358 g/mol. The quantitative estimate of drug-likeness (QED) is 0.629. The van der Waals surface area contributed by atoms with E-state index in [1.54, 1.807) is 24.5 Å². The summed E-state index contributed by atoms with van der Waals surface area (Å²) in [5.41, 5.74) is 5.29. The van der Waals surface area contributed by atoms with E-state index in [4.69, 9.17) is 4.74 Å². The first-order valence-electron chi connectivity index (χ1n) is 8.99. The number of hydrogen-bond donors (Lipinski definition) is 0. The summed E-state index contributed by atoms with van der Waals surface area (Å²) in [7, 11) is 0. The van der Waals surface area contributed by atoms with E-state index in [2.05, 4.69) is 49.9 Å². The highest BCUT2D eigenvalue weighted by Gasteiger charge is 2.20. The van der Waals surface area contributed by atoms with E-state index in [1.807, 2.05) is 6.07 Å². The molecule has 138 valence electrons. The molecule has 0 fully saturated rings. The molecule has 1 aliphatic rings. The molecule has 0 saturated heterocycles. The maximum atomic E-state index is 11.2. The van der Waals surface area contributed by atoms with Gasteiger partial charge >= 0.3 is 5.97 Å². The Morgan fingerprint density at radius 3 is 2.89 bits per heavy atom. The lowest BCUT2D eigenvalue weighted by Gasteiger charge is -2.30. The largest absolute Gasteiger partial charge is 0.455 e. The van der Waals surface area contributed by atoms with Crippen molar-refractivity contribution in [2.24, 2.45) is 0 Å². The molecular formula is C21H21N3O2S. The Morgan fingerprint density at radius 2 is 2.11 bits per heavy atom. The second kappa shape index (κ2) is 7.48. The lowest BCUT2D eigenvalue weighted by atomic mass is 9.95.